The highest BCUT2D eigenvalue weighted by molar-refractivity contribution is 7.80. The van der Waals surface area contributed by atoms with E-state index in [4.69, 9.17) is 29.2 Å². The van der Waals surface area contributed by atoms with Crippen molar-refractivity contribution >= 4 is 46.8 Å². The first-order valence-electron chi connectivity index (χ1n) is 7.04. The van der Waals surface area contributed by atoms with Gasteiger partial charge in [0.15, 0.2) is 10.2 Å². The summed E-state index contributed by atoms with van der Waals surface area (Å²) in [5.74, 6) is 0.494. The number of para-hydroxylation sites is 1. The Bertz CT molecular complexity index is 582. The zero-order valence-corrected chi connectivity index (χ0v) is 16.4. The highest BCUT2D eigenvalue weighted by Gasteiger charge is 2.14. The fourth-order valence-electron chi connectivity index (χ4n) is 1.30. The molecule has 1 rings (SSSR count). The van der Waals surface area contributed by atoms with Crippen LogP contribution in [0.4, 0.5) is 9.59 Å². The average Bonchev–Trinajstić information content (AvgIpc) is 2.65. The molecular formula is C15H22N4O4S2. The van der Waals surface area contributed by atoms with Crippen LogP contribution in [-0.2, 0) is 4.74 Å². The zero-order chi connectivity index (χ0) is 19.4. The molecule has 0 bridgehead atoms. The lowest BCUT2D eigenvalue weighted by Gasteiger charge is -2.16. The predicted molar refractivity (Wildman–Crippen MR) is 104 cm³/mol. The van der Waals surface area contributed by atoms with Crippen molar-refractivity contribution in [3.8, 4) is 5.75 Å². The van der Waals surface area contributed by atoms with Crippen molar-refractivity contribution in [2.45, 2.75) is 0 Å². The van der Waals surface area contributed by atoms with Crippen LogP contribution in [0.2, 0.25) is 0 Å². The number of hydrogen-bond acceptors (Lipinski definition) is 6. The second-order valence-corrected chi connectivity index (χ2v) is 5.15. The van der Waals surface area contributed by atoms with E-state index >= 15 is 0 Å². The van der Waals surface area contributed by atoms with Gasteiger partial charge in [0.05, 0.1) is 7.11 Å². The first kappa shape index (κ1) is 22.5. The Balaban J connectivity index is 0.000000504. The van der Waals surface area contributed by atoms with Crippen LogP contribution in [0, 0.1) is 0 Å². The van der Waals surface area contributed by atoms with Gasteiger partial charge in [0.1, 0.15) is 5.75 Å². The summed E-state index contributed by atoms with van der Waals surface area (Å²) in [5, 5.41) is 5.98. The first-order chi connectivity index (χ1) is 11.8. The van der Waals surface area contributed by atoms with E-state index in [1.807, 2.05) is 6.07 Å². The lowest BCUT2D eigenvalue weighted by molar-refractivity contribution is 0.152. The Kier molecular flexibility index (Phi) is 10.8. The fourth-order valence-corrected chi connectivity index (χ4v) is 1.45. The number of amides is 2. The third-order valence-electron chi connectivity index (χ3n) is 2.71. The number of carbonyl (C=O) groups excluding carboxylic acids is 2. The monoisotopic (exact) mass is 386 g/mol. The number of rotatable bonds is 1. The molecule has 10 heteroatoms. The topological polar surface area (TPSA) is 83.1 Å². The second kappa shape index (κ2) is 12.0. The SMILES string of the molecule is CNC(=S)N(C)C(=O)OC.CNC(=S)N(C)C(=O)Oc1ccccc1. The van der Waals surface area contributed by atoms with Crippen LogP contribution in [0.1, 0.15) is 0 Å². The molecule has 0 atom stereocenters. The summed E-state index contributed by atoms with van der Waals surface area (Å²) in [6.45, 7) is 0. The second-order valence-electron chi connectivity index (χ2n) is 4.38. The molecule has 2 N–H and O–H groups in total. The molecule has 1 aromatic rings. The van der Waals surface area contributed by atoms with E-state index in [1.54, 1.807) is 45.4 Å². The van der Waals surface area contributed by atoms with Gasteiger partial charge in [0.2, 0.25) is 0 Å². The summed E-state index contributed by atoms with van der Waals surface area (Å²) < 4.78 is 9.45. The largest absolute Gasteiger partial charge is 0.452 e. The third kappa shape index (κ3) is 8.27. The van der Waals surface area contributed by atoms with Crippen molar-refractivity contribution < 1.29 is 19.1 Å². The van der Waals surface area contributed by atoms with E-state index < -0.39 is 12.2 Å². The van der Waals surface area contributed by atoms with Gasteiger partial charge in [-0.2, -0.15) is 0 Å². The zero-order valence-electron chi connectivity index (χ0n) is 14.7. The van der Waals surface area contributed by atoms with Gasteiger partial charge in [-0.15, -0.1) is 0 Å². The Hall–Kier alpha value is -2.46. The molecule has 1 aromatic carbocycles. The Morgan fingerprint density at radius 3 is 1.76 bits per heavy atom. The van der Waals surface area contributed by atoms with Gasteiger partial charge in [-0.05, 0) is 36.6 Å². The Labute approximate surface area is 158 Å². The normalized spacial score (nSPS) is 8.84. The van der Waals surface area contributed by atoms with E-state index in [0.717, 1.165) is 0 Å². The van der Waals surface area contributed by atoms with Crippen molar-refractivity contribution in [1.29, 1.82) is 0 Å². The summed E-state index contributed by atoms with van der Waals surface area (Å²) in [7, 11) is 7.67. The van der Waals surface area contributed by atoms with E-state index in [2.05, 4.69) is 15.4 Å². The highest BCUT2D eigenvalue weighted by atomic mass is 32.1. The van der Waals surface area contributed by atoms with Crippen LogP contribution in [0.15, 0.2) is 30.3 Å². The van der Waals surface area contributed by atoms with Gasteiger partial charge in [0, 0.05) is 28.2 Å². The molecule has 8 nitrogen and oxygen atoms in total. The minimum absolute atomic E-state index is 0.316. The molecule has 2 amide bonds. The molecular weight excluding hydrogens is 364 g/mol. The van der Waals surface area contributed by atoms with Gasteiger partial charge < -0.3 is 20.1 Å². The first-order valence-corrected chi connectivity index (χ1v) is 7.85. The molecule has 0 saturated carbocycles. The molecule has 0 radical (unpaired) electrons. The van der Waals surface area contributed by atoms with E-state index in [0.29, 0.717) is 16.0 Å². The van der Waals surface area contributed by atoms with E-state index in [-0.39, 0.29) is 0 Å². The number of thiocarbonyl (C=S) groups is 2. The molecule has 0 saturated heterocycles. The van der Waals surface area contributed by atoms with Crippen molar-refractivity contribution in [1.82, 2.24) is 20.4 Å². The van der Waals surface area contributed by atoms with Crippen LogP contribution in [0.3, 0.4) is 0 Å². The van der Waals surface area contributed by atoms with Gasteiger partial charge in [0.25, 0.3) is 0 Å². The summed E-state index contributed by atoms with van der Waals surface area (Å²) in [6, 6.07) is 8.83. The summed E-state index contributed by atoms with van der Waals surface area (Å²) >= 11 is 9.62. The van der Waals surface area contributed by atoms with Crippen molar-refractivity contribution in [2.24, 2.45) is 0 Å². The maximum Gasteiger partial charge on any atom is 0.421 e. The number of ether oxygens (including phenoxy) is 2. The van der Waals surface area contributed by atoms with E-state index in [1.165, 1.54) is 24.0 Å². The molecule has 0 aliphatic rings. The maximum absolute atomic E-state index is 11.5. The van der Waals surface area contributed by atoms with Crippen LogP contribution in [0.25, 0.3) is 0 Å². The summed E-state index contributed by atoms with van der Waals surface area (Å²) in [5.41, 5.74) is 0. The molecule has 0 aromatic heterocycles. The predicted octanol–water partition coefficient (Wildman–Crippen LogP) is 1.81. The third-order valence-corrected chi connectivity index (χ3v) is 3.66. The van der Waals surface area contributed by atoms with Crippen molar-refractivity contribution in [3.05, 3.63) is 30.3 Å². The van der Waals surface area contributed by atoms with Crippen molar-refractivity contribution in [2.75, 3.05) is 35.3 Å². The lowest BCUT2D eigenvalue weighted by Crippen LogP contribution is -2.40. The van der Waals surface area contributed by atoms with Gasteiger partial charge in [-0.1, -0.05) is 18.2 Å². The fraction of sp³-hybridized carbons (Fsp3) is 0.333. The molecule has 0 spiro atoms. The minimum atomic E-state index is -0.513. The molecule has 0 unspecified atom stereocenters. The number of carbonyl (C=O) groups is 2. The van der Waals surface area contributed by atoms with Crippen LogP contribution >= 0.6 is 24.4 Å². The van der Waals surface area contributed by atoms with E-state index in [9.17, 15) is 9.59 Å². The number of nitrogens with one attached hydrogen (secondary N) is 2. The molecule has 0 fully saturated rings. The molecule has 0 heterocycles. The average molecular weight is 386 g/mol. The van der Waals surface area contributed by atoms with Gasteiger partial charge in [-0.3, -0.25) is 9.80 Å². The number of nitrogens with zero attached hydrogens (tertiary/aromatic N) is 2. The Morgan fingerprint density at radius 1 is 0.920 bits per heavy atom. The van der Waals surface area contributed by atoms with Crippen LogP contribution in [-0.4, -0.2) is 67.5 Å². The molecule has 138 valence electrons. The van der Waals surface area contributed by atoms with Crippen molar-refractivity contribution in [3.63, 3.8) is 0 Å². The van der Waals surface area contributed by atoms with Crippen LogP contribution in [0.5, 0.6) is 5.75 Å². The Morgan fingerprint density at radius 2 is 1.36 bits per heavy atom. The number of benzene rings is 1. The quantitative estimate of drug-likeness (QED) is 0.707. The smallest absolute Gasteiger partial charge is 0.421 e. The minimum Gasteiger partial charge on any atom is -0.452 e. The number of methoxy groups -OCH3 is 1. The van der Waals surface area contributed by atoms with Gasteiger partial charge >= 0.3 is 12.2 Å². The lowest BCUT2D eigenvalue weighted by atomic mass is 10.3. The molecule has 0 aliphatic heterocycles. The molecule has 0 aliphatic carbocycles. The van der Waals surface area contributed by atoms with Gasteiger partial charge in [-0.25, -0.2) is 9.59 Å². The molecule has 25 heavy (non-hydrogen) atoms. The summed E-state index contributed by atoms with van der Waals surface area (Å²) in [4.78, 5) is 24.6. The maximum atomic E-state index is 11.5. The highest BCUT2D eigenvalue weighted by Crippen LogP contribution is 2.09. The summed E-state index contributed by atoms with van der Waals surface area (Å²) in [6.07, 6.45) is -0.986. The number of hydrogen-bond donors (Lipinski definition) is 2. The van der Waals surface area contributed by atoms with Crippen LogP contribution < -0.4 is 15.4 Å². The standard InChI is InChI=1S/C10H12N2O2S.C5H10N2O2S/c1-11-9(15)12(2)10(13)14-8-6-4-3-5-7-8;1-6-4(10)7(2)5(8)9-3/h3-7H,1-2H3,(H,11,15);1-3H3,(H,6,10).